The second kappa shape index (κ2) is 7.87. The van der Waals surface area contributed by atoms with Gasteiger partial charge in [0.2, 0.25) is 11.8 Å². The van der Waals surface area contributed by atoms with Crippen LogP contribution in [0.1, 0.15) is 24.8 Å². The maximum Gasteiger partial charge on any atom is 0.243 e. The lowest BCUT2D eigenvalue weighted by Gasteiger charge is -2.25. The average Bonchev–Trinajstić information content (AvgIpc) is 2.42. The predicted molar refractivity (Wildman–Crippen MR) is 80.6 cm³/mol. The van der Waals surface area contributed by atoms with E-state index in [-0.39, 0.29) is 30.8 Å². The van der Waals surface area contributed by atoms with Gasteiger partial charge in [0.05, 0.1) is 6.54 Å². The molecule has 0 aromatic heterocycles. The molecule has 0 atom stereocenters. The molecule has 1 aromatic carbocycles. The van der Waals surface area contributed by atoms with E-state index in [1.165, 1.54) is 0 Å². The molecule has 1 saturated heterocycles. The van der Waals surface area contributed by atoms with E-state index >= 15 is 0 Å². The first-order chi connectivity index (χ1) is 9.19. The third-order valence-electron chi connectivity index (χ3n) is 3.23. The number of hydrogen-bond acceptors (Lipinski definition) is 3. The minimum absolute atomic E-state index is 0. The lowest BCUT2D eigenvalue weighted by Crippen LogP contribution is -2.40. The highest BCUT2D eigenvalue weighted by atomic mass is 35.5. The second-order valence-electron chi connectivity index (χ2n) is 4.72. The maximum atomic E-state index is 11.9. The Morgan fingerprint density at radius 1 is 1.25 bits per heavy atom. The number of likely N-dealkylation sites (tertiary alicyclic amines) is 1. The number of anilines is 1. The summed E-state index contributed by atoms with van der Waals surface area (Å²) in [5, 5.41) is 2.79. The van der Waals surface area contributed by atoms with Crippen molar-refractivity contribution >= 4 is 29.9 Å². The Morgan fingerprint density at radius 3 is 2.55 bits per heavy atom. The Balaban J connectivity index is 0.00000200. The molecule has 20 heavy (non-hydrogen) atoms. The summed E-state index contributed by atoms with van der Waals surface area (Å²) in [6.45, 7) is 1.30. The third kappa shape index (κ3) is 4.51. The molecular formula is C14H20ClN3O2. The van der Waals surface area contributed by atoms with Gasteiger partial charge in [0.1, 0.15) is 0 Å². The van der Waals surface area contributed by atoms with Gasteiger partial charge in [-0.05, 0) is 30.5 Å². The van der Waals surface area contributed by atoms with Crippen molar-refractivity contribution in [1.29, 1.82) is 0 Å². The normalized spacial score (nSPS) is 14.7. The van der Waals surface area contributed by atoms with Crippen molar-refractivity contribution < 1.29 is 9.59 Å². The Hall–Kier alpha value is -1.59. The Bertz CT molecular complexity index is 462. The molecule has 0 bridgehead atoms. The second-order valence-corrected chi connectivity index (χ2v) is 4.72. The van der Waals surface area contributed by atoms with Crippen LogP contribution in [0.2, 0.25) is 0 Å². The number of nitrogens with two attached hydrogens (primary N) is 1. The Kier molecular flexibility index (Phi) is 6.48. The van der Waals surface area contributed by atoms with Crippen LogP contribution in [0.3, 0.4) is 0 Å². The number of carbonyl (C=O) groups excluding carboxylic acids is 2. The summed E-state index contributed by atoms with van der Waals surface area (Å²) in [5.74, 6) is -0.0874. The summed E-state index contributed by atoms with van der Waals surface area (Å²) in [4.78, 5) is 25.1. The van der Waals surface area contributed by atoms with Gasteiger partial charge in [-0.25, -0.2) is 0 Å². The number of carbonyl (C=O) groups is 2. The van der Waals surface area contributed by atoms with Gasteiger partial charge in [-0.3, -0.25) is 9.59 Å². The Labute approximate surface area is 124 Å². The fourth-order valence-corrected chi connectivity index (χ4v) is 2.13. The smallest absolute Gasteiger partial charge is 0.243 e. The van der Waals surface area contributed by atoms with Gasteiger partial charge in [-0.1, -0.05) is 12.1 Å². The standard InChI is InChI=1S/C14H19N3O2.ClH/c15-9-11-4-6-12(7-5-11)16-13(18)10-17-8-2-1-3-14(17)19;/h4-7H,1-3,8-10,15H2,(H,16,18);1H. The van der Waals surface area contributed by atoms with Crippen molar-refractivity contribution in [2.75, 3.05) is 18.4 Å². The molecule has 1 aromatic rings. The van der Waals surface area contributed by atoms with Crippen LogP contribution in [0.25, 0.3) is 0 Å². The van der Waals surface area contributed by atoms with Gasteiger partial charge in [0, 0.05) is 25.2 Å². The first-order valence-corrected chi connectivity index (χ1v) is 6.55. The van der Waals surface area contributed by atoms with E-state index in [0.717, 1.165) is 24.1 Å². The number of nitrogens with zero attached hydrogens (tertiary/aromatic N) is 1. The minimum atomic E-state index is -0.157. The van der Waals surface area contributed by atoms with Crippen molar-refractivity contribution in [3.63, 3.8) is 0 Å². The molecule has 1 aliphatic rings. The zero-order valence-electron chi connectivity index (χ0n) is 11.3. The van der Waals surface area contributed by atoms with Crippen LogP contribution < -0.4 is 11.1 Å². The summed E-state index contributed by atoms with van der Waals surface area (Å²) >= 11 is 0. The lowest BCUT2D eigenvalue weighted by molar-refractivity contribution is -0.136. The number of benzene rings is 1. The fourth-order valence-electron chi connectivity index (χ4n) is 2.13. The molecule has 6 heteroatoms. The molecule has 2 amide bonds. The molecule has 110 valence electrons. The van der Waals surface area contributed by atoms with E-state index < -0.39 is 0 Å². The van der Waals surface area contributed by atoms with E-state index in [1.54, 1.807) is 4.90 Å². The summed E-state index contributed by atoms with van der Waals surface area (Å²) in [7, 11) is 0. The molecule has 1 aliphatic heterocycles. The van der Waals surface area contributed by atoms with Crippen molar-refractivity contribution in [1.82, 2.24) is 4.90 Å². The van der Waals surface area contributed by atoms with E-state index in [2.05, 4.69) is 5.32 Å². The van der Waals surface area contributed by atoms with Gasteiger partial charge < -0.3 is 16.0 Å². The van der Waals surface area contributed by atoms with Crippen molar-refractivity contribution in [3.05, 3.63) is 29.8 Å². The zero-order valence-corrected chi connectivity index (χ0v) is 12.1. The zero-order chi connectivity index (χ0) is 13.7. The van der Waals surface area contributed by atoms with E-state index in [0.29, 0.717) is 19.5 Å². The number of halogens is 1. The molecular weight excluding hydrogens is 278 g/mol. The van der Waals surface area contributed by atoms with Gasteiger partial charge >= 0.3 is 0 Å². The molecule has 3 N–H and O–H groups in total. The number of rotatable bonds is 4. The summed E-state index contributed by atoms with van der Waals surface area (Å²) in [6.07, 6.45) is 2.46. The quantitative estimate of drug-likeness (QED) is 0.885. The van der Waals surface area contributed by atoms with Gasteiger partial charge in [-0.15, -0.1) is 12.4 Å². The molecule has 0 unspecified atom stereocenters. The summed E-state index contributed by atoms with van der Waals surface area (Å²) < 4.78 is 0. The van der Waals surface area contributed by atoms with E-state index in [9.17, 15) is 9.59 Å². The molecule has 1 heterocycles. The number of nitrogens with one attached hydrogen (secondary N) is 1. The highest BCUT2D eigenvalue weighted by Crippen LogP contribution is 2.12. The maximum absolute atomic E-state index is 11.9. The highest BCUT2D eigenvalue weighted by molar-refractivity contribution is 5.94. The summed E-state index contributed by atoms with van der Waals surface area (Å²) in [5.41, 5.74) is 7.25. The van der Waals surface area contributed by atoms with Crippen LogP contribution in [0, 0.1) is 0 Å². The van der Waals surface area contributed by atoms with Gasteiger partial charge in [0.25, 0.3) is 0 Å². The number of piperidine rings is 1. The largest absolute Gasteiger partial charge is 0.333 e. The van der Waals surface area contributed by atoms with Crippen LogP contribution in [0.5, 0.6) is 0 Å². The van der Waals surface area contributed by atoms with E-state index in [1.807, 2.05) is 24.3 Å². The molecule has 2 rings (SSSR count). The van der Waals surface area contributed by atoms with Crippen molar-refractivity contribution in [3.8, 4) is 0 Å². The predicted octanol–water partition coefficient (Wildman–Crippen LogP) is 1.52. The van der Waals surface area contributed by atoms with Crippen LogP contribution in [0.4, 0.5) is 5.69 Å². The molecule has 0 spiro atoms. The van der Waals surface area contributed by atoms with Crippen molar-refractivity contribution in [2.45, 2.75) is 25.8 Å². The third-order valence-corrected chi connectivity index (χ3v) is 3.23. The van der Waals surface area contributed by atoms with Crippen LogP contribution in [-0.4, -0.2) is 29.8 Å². The molecule has 1 fully saturated rings. The number of hydrogen-bond donors (Lipinski definition) is 2. The average molecular weight is 298 g/mol. The molecule has 0 radical (unpaired) electrons. The Morgan fingerprint density at radius 2 is 1.95 bits per heavy atom. The number of amides is 2. The molecule has 5 nitrogen and oxygen atoms in total. The van der Waals surface area contributed by atoms with Gasteiger partial charge in [0.15, 0.2) is 0 Å². The summed E-state index contributed by atoms with van der Waals surface area (Å²) in [6, 6.07) is 7.39. The van der Waals surface area contributed by atoms with Crippen LogP contribution in [0.15, 0.2) is 24.3 Å². The first-order valence-electron chi connectivity index (χ1n) is 6.55. The van der Waals surface area contributed by atoms with Gasteiger partial charge in [-0.2, -0.15) is 0 Å². The minimum Gasteiger partial charge on any atom is -0.333 e. The topological polar surface area (TPSA) is 75.4 Å². The van der Waals surface area contributed by atoms with Crippen LogP contribution in [-0.2, 0) is 16.1 Å². The molecule has 0 aliphatic carbocycles. The van der Waals surface area contributed by atoms with Crippen molar-refractivity contribution in [2.24, 2.45) is 5.73 Å². The lowest BCUT2D eigenvalue weighted by atomic mass is 10.1. The van der Waals surface area contributed by atoms with Crippen LogP contribution >= 0.6 is 12.4 Å². The monoisotopic (exact) mass is 297 g/mol. The first kappa shape index (κ1) is 16.5. The highest BCUT2D eigenvalue weighted by Gasteiger charge is 2.20. The fraction of sp³-hybridized carbons (Fsp3) is 0.429. The van der Waals surface area contributed by atoms with E-state index in [4.69, 9.17) is 5.73 Å². The molecule has 0 saturated carbocycles. The SMILES string of the molecule is Cl.NCc1ccc(NC(=O)CN2CCCCC2=O)cc1.